The highest BCUT2D eigenvalue weighted by Crippen LogP contribution is 2.34. The highest BCUT2D eigenvalue weighted by Gasteiger charge is 2.25. The number of aromatic hydroxyl groups is 1. The van der Waals surface area contributed by atoms with Gasteiger partial charge in [-0.1, -0.05) is 32.4 Å². The summed E-state index contributed by atoms with van der Waals surface area (Å²) in [5, 5.41) is 22.1. The van der Waals surface area contributed by atoms with Gasteiger partial charge in [0.1, 0.15) is 20.6 Å². The molecule has 0 unspecified atom stereocenters. The van der Waals surface area contributed by atoms with Crippen LogP contribution in [-0.2, 0) is 20.0 Å². The number of halogens is 1. The van der Waals surface area contributed by atoms with E-state index in [1.54, 1.807) is 12.1 Å². The van der Waals surface area contributed by atoms with E-state index in [0.29, 0.717) is 33.4 Å². The van der Waals surface area contributed by atoms with Crippen LogP contribution in [0.1, 0.15) is 32.9 Å². The number of hydrogen-bond donors (Lipinski definition) is 3. The topological polar surface area (TPSA) is 129 Å². The van der Waals surface area contributed by atoms with Crippen LogP contribution in [0.4, 0.5) is 5.69 Å². The summed E-state index contributed by atoms with van der Waals surface area (Å²) in [7, 11) is -3.23. The summed E-state index contributed by atoms with van der Waals surface area (Å²) in [5.74, 6) is -0.454. The highest BCUT2D eigenvalue weighted by atomic mass is 35.5. The van der Waals surface area contributed by atoms with Crippen LogP contribution in [0, 0.1) is 0 Å². The van der Waals surface area contributed by atoms with Gasteiger partial charge in [0.25, 0.3) is 0 Å². The minimum atomic E-state index is -3.23. The maximum Gasteiger partial charge on any atom is 0.225 e. The van der Waals surface area contributed by atoms with Crippen molar-refractivity contribution >= 4 is 38.7 Å². The third-order valence-corrected chi connectivity index (χ3v) is 5.49. The average Bonchev–Trinajstić information content (AvgIpc) is 3.12. The number of anilines is 1. The number of carbonyl (C=O) groups is 1. The van der Waals surface area contributed by atoms with Gasteiger partial charge in [0, 0.05) is 29.8 Å². The molecule has 3 aromatic rings. The van der Waals surface area contributed by atoms with E-state index >= 15 is 0 Å². The molecule has 0 fully saturated rings. The third kappa shape index (κ3) is 4.70. The van der Waals surface area contributed by atoms with E-state index in [-0.39, 0.29) is 23.3 Å². The molecule has 1 amide bonds. The number of aromatic nitrogens is 4. The largest absolute Gasteiger partial charge is 0.507 e. The van der Waals surface area contributed by atoms with Crippen molar-refractivity contribution in [1.29, 1.82) is 0 Å². The summed E-state index contributed by atoms with van der Waals surface area (Å²) >= 11 is 6.42. The van der Waals surface area contributed by atoms with Crippen molar-refractivity contribution < 1.29 is 18.3 Å². The fourth-order valence-electron chi connectivity index (χ4n) is 2.71. The SMILES string of the molecule is CC(C)(C)c1nn2nc(-c3ccc(NC(=O)CCS(C)(=O)=O)cc3O)[nH]c2c1Cl. The molecule has 9 nitrogen and oxygen atoms in total. The Labute approximate surface area is 173 Å². The quantitative estimate of drug-likeness (QED) is 0.560. The van der Waals surface area contributed by atoms with E-state index in [9.17, 15) is 18.3 Å². The number of phenols is 1. The van der Waals surface area contributed by atoms with Gasteiger partial charge in [0.15, 0.2) is 11.5 Å². The van der Waals surface area contributed by atoms with Crippen LogP contribution in [0.15, 0.2) is 18.2 Å². The zero-order chi connectivity index (χ0) is 21.6. The van der Waals surface area contributed by atoms with Crippen molar-refractivity contribution in [2.24, 2.45) is 0 Å². The number of nitrogens with zero attached hydrogens (tertiary/aromatic N) is 3. The van der Waals surface area contributed by atoms with E-state index in [1.165, 1.54) is 10.7 Å². The molecule has 0 bridgehead atoms. The van der Waals surface area contributed by atoms with Gasteiger partial charge in [-0.15, -0.1) is 9.73 Å². The number of phenolic OH excluding ortho intramolecular Hbond substituents is 1. The third-order valence-electron chi connectivity index (χ3n) is 4.19. The molecule has 0 atom stereocenters. The number of sulfone groups is 1. The monoisotopic (exact) mass is 439 g/mol. The predicted molar refractivity (Wildman–Crippen MR) is 111 cm³/mol. The number of amides is 1. The second-order valence-corrected chi connectivity index (χ2v) is 10.5. The smallest absolute Gasteiger partial charge is 0.225 e. The standard InChI is InChI=1S/C18H22ClN5O4S/c1-18(2,3)15-14(19)17-21-16(23-24(17)22-15)11-6-5-10(9-12(11)25)20-13(26)7-8-29(4,27)28/h5-6,9,25H,7-8H2,1-4H3,(H,20,26)(H,21,23). The summed E-state index contributed by atoms with van der Waals surface area (Å²) in [6.07, 6.45) is 0.906. The molecule has 0 aliphatic heterocycles. The Balaban J connectivity index is 1.82. The zero-order valence-corrected chi connectivity index (χ0v) is 18.0. The maximum absolute atomic E-state index is 11.9. The first-order valence-electron chi connectivity index (χ1n) is 8.81. The molecule has 29 heavy (non-hydrogen) atoms. The second-order valence-electron chi connectivity index (χ2n) is 7.88. The number of nitrogens with one attached hydrogen (secondary N) is 2. The molecule has 2 aromatic heterocycles. The molecule has 0 saturated carbocycles. The fraction of sp³-hybridized carbons (Fsp3) is 0.389. The second kappa shape index (κ2) is 7.34. The van der Waals surface area contributed by atoms with Crippen LogP contribution in [0.5, 0.6) is 5.75 Å². The van der Waals surface area contributed by atoms with Gasteiger partial charge in [-0.25, -0.2) is 8.42 Å². The molecule has 0 saturated heterocycles. The van der Waals surface area contributed by atoms with Gasteiger partial charge in [-0.05, 0) is 12.1 Å². The van der Waals surface area contributed by atoms with Crippen molar-refractivity contribution in [3.8, 4) is 17.1 Å². The molecular formula is C18H22ClN5O4S. The lowest BCUT2D eigenvalue weighted by atomic mass is 9.92. The van der Waals surface area contributed by atoms with Crippen LogP contribution >= 0.6 is 11.6 Å². The molecule has 2 heterocycles. The summed E-state index contributed by atoms with van der Waals surface area (Å²) in [6.45, 7) is 5.99. The number of rotatable bonds is 5. The van der Waals surface area contributed by atoms with Crippen LogP contribution in [0.3, 0.4) is 0 Å². The molecule has 3 N–H and O–H groups in total. The molecular weight excluding hydrogens is 418 g/mol. The van der Waals surface area contributed by atoms with Gasteiger partial charge >= 0.3 is 0 Å². The van der Waals surface area contributed by atoms with E-state index in [0.717, 1.165) is 6.26 Å². The Kier molecular flexibility index (Phi) is 5.35. The number of hydrogen-bond acceptors (Lipinski definition) is 6. The van der Waals surface area contributed by atoms with Gasteiger partial charge in [-0.2, -0.15) is 5.10 Å². The molecule has 156 valence electrons. The van der Waals surface area contributed by atoms with Crippen LogP contribution in [0.2, 0.25) is 5.02 Å². The average molecular weight is 440 g/mol. The summed E-state index contributed by atoms with van der Waals surface area (Å²) in [5.41, 5.74) is 1.72. The van der Waals surface area contributed by atoms with Crippen molar-refractivity contribution in [2.75, 3.05) is 17.3 Å². The Morgan fingerprint density at radius 3 is 2.55 bits per heavy atom. The first kappa shape index (κ1) is 21.1. The van der Waals surface area contributed by atoms with Gasteiger partial charge in [0.2, 0.25) is 5.91 Å². The molecule has 0 spiro atoms. The highest BCUT2D eigenvalue weighted by molar-refractivity contribution is 7.90. The first-order chi connectivity index (χ1) is 13.3. The normalized spacial score (nSPS) is 12.4. The molecule has 0 radical (unpaired) electrons. The molecule has 0 aliphatic rings. The van der Waals surface area contributed by atoms with Crippen LogP contribution in [0.25, 0.3) is 17.0 Å². The van der Waals surface area contributed by atoms with Crippen LogP contribution in [-0.4, -0.2) is 51.3 Å². The number of aromatic amines is 1. The Bertz CT molecular complexity index is 1190. The van der Waals surface area contributed by atoms with E-state index < -0.39 is 15.7 Å². The van der Waals surface area contributed by atoms with Crippen molar-refractivity contribution in [3.63, 3.8) is 0 Å². The van der Waals surface area contributed by atoms with E-state index in [2.05, 4.69) is 20.5 Å². The van der Waals surface area contributed by atoms with Crippen molar-refractivity contribution in [3.05, 3.63) is 28.9 Å². The first-order valence-corrected chi connectivity index (χ1v) is 11.2. The van der Waals surface area contributed by atoms with Gasteiger partial charge in [-0.3, -0.25) is 4.79 Å². The van der Waals surface area contributed by atoms with Crippen molar-refractivity contribution in [2.45, 2.75) is 32.6 Å². The summed E-state index contributed by atoms with van der Waals surface area (Å²) in [4.78, 5) is 14.9. The minimum Gasteiger partial charge on any atom is -0.507 e. The van der Waals surface area contributed by atoms with E-state index in [1.807, 2.05) is 20.8 Å². The lowest BCUT2D eigenvalue weighted by molar-refractivity contribution is -0.115. The molecule has 3 rings (SSSR count). The van der Waals surface area contributed by atoms with Gasteiger partial charge < -0.3 is 15.4 Å². The Morgan fingerprint density at radius 2 is 2.00 bits per heavy atom. The lowest BCUT2D eigenvalue weighted by Gasteiger charge is -2.14. The van der Waals surface area contributed by atoms with Crippen LogP contribution < -0.4 is 5.32 Å². The Hall–Kier alpha value is -2.59. The summed E-state index contributed by atoms with van der Waals surface area (Å²) in [6, 6.07) is 4.53. The predicted octanol–water partition coefficient (Wildman–Crippen LogP) is 2.75. The molecule has 1 aromatic carbocycles. The molecule has 11 heteroatoms. The molecule has 0 aliphatic carbocycles. The fourth-order valence-corrected chi connectivity index (χ4v) is 3.71. The number of benzene rings is 1. The number of fused-ring (bicyclic) bond motifs is 1. The lowest BCUT2D eigenvalue weighted by Crippen LogP contribution is -2.16. The summed E-state index contributed by atoms with van der Waals surface area (Å²) < 4.78 is 23.7. The Morgan fingerprint density at radius 1 is 1.31 bits per heavy atom. The number of H-pyrrole nitrogens is 1. The maximum atomic E-state index is 11.9. The van der Waals surface area contributed by atoms with E-state index in [4.69, 9.17) is 11.6 Å². The van der Waals surface area contributed by atoms with Gasteiger partial charge in [0.05, 0.1) is 17.0 Å². The number of carbonyl (C=O) groups excluding carboxylic acids is 1. The minimum absolute atomic E-state index is 0.116. The zero-order valence-electron chi connectivity index (χ0n) is 16.4. The van der Waals surface area contributed by atoms with Crippen molar-refractivity contribution in [1.82, 2.24) is 19.8 Å².